The molecule has 0 N–H and O–H groups in total. The van der Waals surface area contributed by atoms with E-state index < -0.39 is 61.4 Å². The molecule has 2 rings (SSSR count). The summed E-state index contributed by atoms with van der Waals surface area (Å²) in [7, 11) is -4.19. The number of methoxy groups -OCH3 is 1. The molecule has 134 valence electrons. The SMILES string of the molecule is COC(=O)c1ccccc1S(=O)(=O)Oc1c(F)c(F)c(F)c(F)c1F. The van der Waals surface area contributed by atoms with Gasteiger partial charge in [-0.15, -0.1) is 0 Å². The largest absolute Gasteiger partial charge is 0.465 e. The monoisotopic (exact) mass is 382 g/mol. The van der Waals surface area contributed by atoms with Crippen molar-refractivity contribution in [1.82, 2.24) is 0 Å². The van der Waals surface area contributed by atoms with Gasteiger partial charge in [0, 0.05) is 0 Å². The fourth-order valence-corrected chi connectivity index (χ4v) is 2.90. The van der Waals surface area contributed by atoms with Crippen LogP contribution in [-0.2, 0) is 14.9 Å². The van der Waals surface area contributed by atoms with Crippen molar-refractivity contribution in [2.24, 2.45) is 0 Å². The molecule has 2 aromatic rings. The van der Waals surface area contributed by atoms with Gasteiger partial charge in [-0.1, -0.05) is 12.1 Å². The predicted octanol–water partition coefficient (Wildman–Crippen LogP) is 2.94. The van der Waals surface area contributed by atoms with Gasteiger partial charge in [0.15, 0.2) is 0 Å². The van der Waals surface area contributed by atoms with E-state index in [2.05, 4.69) is 8.92 Å². The molecule has 0 bridgehead atoms. The molecule has 0 aliphatic rings. The topological polar surface area (TPSA) is 69.7 Å². The van der Waals surface area contributed by atoms with Crippen molar-refractivity contribution in [2.45, 2.75) is 4.90 Å². The van der Waals surface area contributed by atoms with E-state index in [4.69, 9.17) is 0 Å². The van der Waals surface area contributed by atoms with E-state index in [9.17, 15) is 35.2 Å². The van der Waals surface area contributed by atoms with Crippen LogP contribution in [0, 0.1) is 29.1 Å². The second-order valence-corrected chi connectivity index (χ2v) is 5.94. The molecule has 0 saturated heterocycles. The van der Waals surface area contributed by atoms with Crippen molar-refractivity contribution in [3.8, 4) is 5.75 Å². The van der Waals surface area contributed by atoms with Crippen LogP contribution in [0.15, 0.2) is 29.2 Å². The zero-order valence-corrected chi connectivity index (χ0v) is 13.0. The van der Waals surface area contributed by atoms with Crippen molar-refractivity contribution < 1.29 is 44.1 Å². The van der Waals surface area contributed by atoms with Gasteiger partial charge in [0.2, 0.25) is 34.8 Å². The van der Waals surface area contributed by atoms with E-state index in [1.807, 2.05) is 0 Å². The summed E-state index contributed by atoms with van der Waals surface area (Å²) in [6.07, 6.45) is 0. The quantitative estimate of drug-likeness (QED) is 0.267. The third-order valence-electron chi connectivity index (χ3n) is 2.92. The molecule has 0 aliphatic heterocycles. The molecule has 2 aromatic carbocycles. The normalized spacial score (nSPS) is 11.3. The highest BCUT2D eigenvalue weighted by atomic mass is 32.2. The molecule has 0 aliphatic carbocycles. The molecule has 5 nitrogen and oxygen atoms in total. The van der Waals surface area contributed by atoms with E-state index in [0.717, 1.165) is 25.3 Å². The van der Waals surface area contributed by atoms with Gasteiger partial charge in [-0.05, 0) is 12.1 Å². The van der Waals surface area contributed by atoms with Crippen LogP contribution < -0.4 is 4.18 Å². The first kappa shape index (κ1) is 18.6. The van der Waals surface area contributed by atoms with Crippen LogP contribution in [0.3, 0.4) is 0 Å². The number of rotatable bonds is 4. The first-order chi connectivity index (χ1) is 11.6. The fourth-order valence-electron chi connectivity index (χ4n) is 1.78. The second kappa shape index (κ2) is 6.67. The van der Waals surface area contributed by atoms with Gasteiger partial charge in [0.1, 0.15) is 4.90 Å². The molecular formula is C14H7F5O5S. The number of halogens is 5. The molecule has 0 heterocycles. The second-order valence-electron chi connectivity index (χ2n) is 4.42. The molecule has 0 atom stereocenters. The van der Waals surface area contributed by atoms with Crippen molar-refractivity contribution in [3.63, 3.8) is 0 Å². The highest BCUT2D eigenvalue weighted by Crippen LogP contribution is 2.32. The Morgan fingerprint density at radius 3 is 1.88 bits per heavy atom. The molecule has 0 spiro atoms. The highest BCUT2D eigenvalue weighted by Gasteiger charge is 2.32. The molecule has 0 radical (unpaired) electrons. The summed E-state index contributed by atoms with van der Waals surface area (Å²) in [6, 6.07) is 4.22. The van der Waals surface area contributed by atoms with Gasteiger partial charge in [0.25, 0.3) is 0 Å². The smallest absolute Gasteiger partial charge is 0.340 e. The lowest BCUT2D eigenvalue weighted by Crippen LogP contribution is -2.17. The summed E-state index contributed by atoms with van der Waals surface area (Å²) in [6.45, 7) is 0. The summed E-state index contributed by atoms with van der Waals surface area (Å²) in [4.78, 5) is 10.7. The lowest BCUT2D eigenvalue weighted by atomic mass is 10.2. The molecule has 0 unspecified atom stereocenters. The average Bonchev–Trinajstić information content (AvgIpc) is 2.61. The minimum atomic E-state index is -5.13. The Balaban J connectivity index is 2.61. The van der Waals surface area contributed by atoms with Crippen LogP contribution in [0.5, 0.6) is 5.75 Å². The fraction of sp³-hybridized carbons (Fsp3) is 0.0714. The van der Waals surface area contributed by atoms with Gasteiger partial charge in [-0.25, -0.2) is 18.0 Å². The number of hydrogen-bond acceptors (Lipinski definition) is 5. The van der Waals surface area contributed by atoms with E-state index in [1.165, 1.54) is 6.07 Å². The number of carbonyl (C=O) groups excluding carboxylic acids is 1. The summed E-state index contributed by atoms with van der Waals surface area (Å²) in [5, 5.41) is 0. The van der Waals surface area contributed by atoms with Crippen LogP contribution in [0.2, 0.25) is 0 Å². The maximum Gasteiger partial charge on any atom is 0.340 e. The molecule has 25 heavy (non-hydrogen) atoms. The molecule has 0 amide bonds. The Kier molecular flexibility index (Phi) is 4.97. The Morgan fingerprint density at radius 1 is 0.880 bits per heavy atom. The lowest BCUT2D eigenvalue weighted by Gasteiger charge is -2.12. The number of ether oxygens (including phenoxy) is 1. The zero-order chi connectivity index (χ0) is 18.9. The average molecular weight is 382 g/mol. The molecule has 11 heteroatoms. The summed E-state index contributed by atoms with van der Waals surface area (Å²) < 4.78 is 99.1. The van der Waals surface area contributed by atoms with Gasteiger partial charge < -0.3 is 8.92 Å². The first-order valence-electron chi connectivity index (χ1n) is 6.25. The lowest BCUT2D eigenvalue weighted by molar-refractivity contribution is 0.0596. The predicted molar refractivity (Wildman–Crippen MR) is 71.8 cm³/mol. The number of hydrogen-bond donors (Lipinski definition) is 0. The van der Waals surface area contributed by atoms with E-state index >= 15 is 0 Å². The summed E-state index contributed by atoms with van der Waals surface area (Å²) >= 11 is 0. The van der Waals surface area contributed by atoms with Crippen molar-refractivity contribution >= 4 is 16.1 Å². The van der Waals surface area contributed by atoms with E-state index in [1.54, 1.807) is 0 Å². The van der Waals surface area contributed by atoms with Crippen LogP contribution in [0.25, 0.3) is 0 Å². The van der Waals surface area contributed by atoms with E-state index in [0.29, 0.717) is 0 Å². The van der Waals surface area contributed by atoms with Crippen molar-refractivity contribution in [1.29, 1.82) is 0 Å². The third-order valence-corrected chi connectivity index (χ3v) is 4.21. The van der Waals surface area contributed by atoms with Gasteiger partial charge in [-0.2, -0.15) is 17.2 Å². The highest BCUT2D eigenvalue weighted by molar-refractivity contribution is 7.87. The Bertz CT molecular complexity index is 929. The van der Waals surface area contributed by atoms with Gasteiger partial charge in [0.05, 0.1) is 12.7 Å². The number of esters is 1. The number of benzene rings is 2. The Morgan fingerprint density at radius 2 is 1.36 bits per heavy atom. The minimum Gasteiger partial charge on any atom is -0.465 e. The molecular weight excluding hydrogens is 375 g/mol. The summed E-state index contributed by atoms with van der Waals surface area (Å²) in [5.41, 5.74) is -0.561. The van der Waals surface area contributed by atoms with E-state index in [-0.39, 0.29) is 0 Å². The Labute approximate surface area is 137 Å². The zero-order valence-electron chi connectivity index (χ0n) is 12.1. The number of carbonyl (C=O) groups is 1. The Hall–Kier alpha value is -2.69. The summed E-state index contributed by atoms with van der Waals surface area (Å²) in [5.74, 6) is -15.3. The molecule has 0 saturated carbocycles. The van der Waals surface area contributed by atoms with Gasteiger partial charge in [-0.3, -0.25) is 0 Å². The van der Waals surface area contributed by atoms with Gasteiger partial charge >= 0.3 is 16.1 Å². The van der Waals surface area contributed by atoms with Crippen LogP contribution >= 0.6 is 0 Å². The van der Waals surface area contributed by atoms with Crippen LogP contribution in [-0.4, -0.2) is 21.5 Å². The molecule has 0 fully saturated rings. The molecule has 0 aromatic heterocycles. The first-order valence-corrected chi connectivity index (χ1v) is 7.66. The maximum absolute atomic E-state index is 13.6. The standard InChI is InChI=1S/C14H7F5O5S/c1-23-14(20)6-4-2-3-5-7(6)25(21,22)24-13-11(18)9(16)8(15)10(17)12(13)19/h2-5H,1H3. The maximum atomic E-state index is 13.6. The van der Waals surface area contributed by atoms with Crippen molar-refractivity contribution in [3.05, 3.63) is 58.9 Å². The van der Waals surface area contributed by atoms with Crippen molar-refractivity contribution in [2.75, 3.05) is 7.11 Å². The van der Waals surface area contributed by atoms with Crippen LogP contribution in [0.1, 0.15) is 10.4 Å². The third kappa shape index (κ3) is 3.27. The minimum absolute atomic E-state index is 0.561. The van der Waals surface area contributed by atoms with Crippen LogP contribution in [0.4, 0.5) is 22.0 Å².